The number of benzene rings is 1. The Balaban J connectivity index is 0.000000563. The minimum Gasteiger partial charge on any atom is -0.348 e. The SMILES string of the molecule is CC.CC.CC.Cn1cc(-n2c(-c3ccccc3)nc3c2CCC2CC4(CCC32C)OCCO4)cn1. The second-order valence-corrected chi connectivity index (χ2v) is 9.27. The quantitative estimate of drug-likeness (QED) is 0.381. The summed E-state index contributed by atoms with van der Waals surface area (Å²) >= 11 is 0. The molecule has 1 saturated carbocycles. The Morgan fingerprint density at radius 3 is 2.22 bits per heavy atom. The van der Waals surface area contributed by atoms with E-state index in [2.05, 4.69) is 53.1 Å². The molecule has 198 valence electrons. The molecule has 0 N–H and O–H groups in total. The van der Waals surface area contributed by atoms with Crippen LogP contribution in [0.15, 0.2) is 42.7 Å². The average molecular weight is 495 g/mol. The number of aryl methyl sites for hydroxylation is 1. The van der Waals surface area contributed by atoms with Crippen molar-refractivity contribution in [3.8, 4) is 17.1 Å². The van der Waals surface area contributed by atoms with Gasteiger partial charge in [-0.1, -0.05) is 78.8 Å². The Kier molecular flexibility index (Phi) is 9.53. The van der Waals surface area contributed by atoms with Gasteiger partial charge in [0.2, 0.25) is 0 Å². The highest BCUT2D eigenvalue weighted by Gasteiger charge is 2.54. The van der Waals surface area contributed by atoms with E-state index in [0.29, 0.717) is 5.92 Å². The van der Waals surface area contributed by atoms with Crippen LogP contribution in [-0.2, 0) is 28.4 Å². The minimum atomic E-state index is -0.351. The number of ether oxygens (including phenoxy) is 2. The Morgan fingerprint density at radius 2 is 1.61 bits per heavy atom. The number of aromatic nitrogens is 4. The Bertz CT molecular complexity index is 1080. The molecule has 1 aliphatic heterocycles. The highest BCUT2D eigenvalue weighted by molar-refractivity contribution is 5.61. The van der Waals surface area contributed by atoms with Crippen molar-refractivity contribution >= 4 is 0 Å². The summed E-state index contributed by atoms with van der Waals surface area (Å²) < 4.78 is 16.4. The van der Waals surface area contributed by atoms with E-state index in [0.717, 1.165) is 62.4 Å². The molecular formula is C30H46N4O2. The van der Waals surface area contributed by atoms with Crippen LogP contribution in [0.3, 0.4) is 0 Å². The first-order valence-corrected chi connectivity index (χ1v) is 14.0. The Hall–Kier alpha value is -2.44. The van der Waals surface area contributed by atoms with E-state index in [9.17, 15) is 0 Å². The maximum absolute atomic E-state index is 6.07. The first-order chi connectivity index (χ1) is 17.6. The monoisotopic (exact) mass is 494 g/mol. The van der Waals surface area contributed by atoms with Gasteiger partial charge in [0.05, 0.1) is 30.8 Å². The van der Waals surface area contributed by atoms with E-state index in [1.807, 2.05) is 59.5 Å². The molecular weight excluding hydrogens is 448 g/mol. The summed E-state index contributed by atoms with van der Waals surface area (Å²) in [6.45, 7) is 15.9. The molecule has 2 unspecified atom stereocenters. The molecule has 1 spiro atoms. The topological polar surface area (TPSA) is 54.1 Å². The molecule has 0 bridgehead atoms. The van der Waals surface area contributed by atoms with Crippen LogP contribution in [0.2, 0.25) is 0 Å². The molecule has 1 saturated heterocycles. The van der Waals surface area contributed by atoms with Gasteiger partial charge in [0.1, 0.15) is 5.82 Å². The largest absolute Gasteiger partial charge is 0.348 e. The average Bonchev–Trinajstić information content (AvgIpc) is 3.68. The number of hydrogen-bond donors (Lipinski definition) is 0. The summed E-state index contributed by atoms with van der Waals surface area (Å²) in [7, 11) is 1.97. The van der Waals surface area contributed by atoms with Crippen molar-refractivity contribution < 1.29 is 9.47 Å². The Labute approximate surface area is 218 Å². The molecule has 3 aromatic rings. The fourth-order valence-corrected chi connectivity index (χ4v) is 5.88. The van der Waals surface area contributed by atoms with Crippen molar-refractivity contribution in [2.75, 3.05) is 13.2 Å². The van der Waals surface area contributed by atoms with Crippen LogP contribution in [0.1, 0.15) is 85.5 Å². The van der Waals surface area contributed by atoms with Crippen molar-refractivity contribution in [3.63, 3.8) is 0 Å². The van der Waals surface area contributed by atoms with Gasteiger partial charge in [-0.05, 0) is 25.2 Å². The van der Waals surface area contributed by atoms with Crippen molar-refractivity contribution in [2.24, 2.45) is 13.0 Å². The zero-order valence-electron chi connectivity index (χ0n) is 23.7. The number of nitrogens with zero attached hydrogens (tertiary/aromatic N) is 4. The molecule has 2 fully saturated rings. The normalized spacial score (nSPS) is 23.2. The van der Waals surface area contributed by atoms with Crippen LogP contribution in [0.5, 0.6) is 0 Å². The van der Waals surface area contributed by atoms with Crippen LogP contribution < -0.4 is 0 Å². The molecule has 3 aliphatic rings. The van der Waals surface area contributed by atoms with Crippen molar-refractivity contribution in [2.45, 2.75) is 91.8 Å². The summed E-state index contributed by atoms with van der Waals surface area (Å²) in [6, 6.07) is 10.5. The fraction of sp³-hybridized carbons (Fsp3) is 0.600. The molecule has 2 aliphatic carbocycles. The standard InChI is InChI=1S/C24H28N4O2.3C2H6/c1-23-10-11-24(29-12-13-30-24)14-18(23)8-9-20-21(23)26-22(17-6-4-3-5-7-17)28(20)19-15-25-27(2)16-19;3*1-2/h3-7,15-16,18H,8-14H2,1-2H3;3*1-2H3. The molecule has 1 aromatic carbocycles. The Morgan fingerprint density at radius 1 is 0.944 bits per heavy atom. The van der Waals surface area contributed by atoms with Crippen LogP contribution in [0, 0.1) is 5.92 Å². The summed E-state index contributed by atoms with van der Waals surface area (Å²) in [6.07, 6.45) is 9.14. The van der Waals surface area contributed by atoms with Crippen LogP contribution in [-0.4, -0.2) is 38.3 Å². The maximum atomic E-state index is 6.07. The van der Waals surface area contributed by atoms with Gasteiger partial charge in [0.15, 0.2) is 5.79 Å². The lowest BCUT2D eigenvalue weighted by atomic mass is 9.59. The van der Waals surface area contributed by atoms with Crippen molar-refractivity contribution in [3.05, 3.63) is 54.1 Å². The molecule has 0 radical (unpaired) electrons. The van der Waals surface area contributed by atoms with Gasteiger partial charge >= 0.3 is 0 Å². The molecule has 6 rings (SSSR count). The van der Waals surface area contributed by atoms with E-state index in [1.165, 1.54) is 11.4 Å². The third kappa shape index (κ3) is 5.03. The van der Waals surface area contributed by atoms with Crippen molar-refractivity contribution in [1.29, 1.82) is 0 Å². The highest BCUT2D eigenvalue weighted by Crippen LogP contribution is 2.54. The minimum absolute atomic E-state index is 0.0468. The number of hydrogen-bond acceptors (Lipinski definition) is 4. The van der Waals surface area contributed by atoms with Gasteiger partial charge in [-0.3, -0.25) is 9.25 Å². The van der Waals surface area contributed by atoms with Gasteiger partial charge in [0, 0.05) is 42.8 Å². The summed E-state index contributed by atoms with van der Waals surface area (Å²) in [5.74, 6) is 1.19. The lowest BCUT2D eigenvalue weighted by Crippen LogP contribution is -2.49. The second-order valence-electron chi connectivity index (χ2n) is 9.27. The third-order valence-corrected chi connectivity index (χ3v) is 7.52. The van der Waals surface area contributed by atoms with E-state index in [-0.39, 0.29) is 11.2 Å². The van der Waals surface area contributed by atoms with Gasteiger partial charge in [-0.15, -0.1) is 0 Å². The molecule has 6 heteroatoms. The predicted molar refractivity (Wildman–Crippen MR) is 147 cm³/mol. The molecule has 2 atom stereocenters. The predicted octanol–water partition coefficient (Wildman–Crippen LogP) is 7.10. The van der Waals surface area contributed by atoms with Crippen LogP contribution in [0.25, 0.3) is 17.1 Å². The molecule has 3 heterocycles. The van der Waals surface area contributed by atoms with E-state index >= 15 is 0 Å². The molecule has 6 nitrogen and oxygen atoms in total. The summed E-state index contributed by atoms with van der Waals surface area (Å²) in [5.41, 5.74) is 4.87. The van der Waals surface area contributed by atoms with Gasteiger partial charge in [-0.2, -0.15) is 5.10 Å². The zero-order valence-corrected chi connectivity index (χ0v) is 23.7. The highest BCUT2D eigenvalue weighted by atomic mass is 16.7. The smallest absolute Gasteiger partial charge is 0.168 e. The third-order valence-electron chi connectivity index (χ3n) is 7.52. The second kappa shape index (κ2) is 12.2. The van der Waals surface area contributed by atoms with E-state index < -0.39 is 0 Å². The van der Waals surface area contributed by atoms with Gasteiger partial charge < -0.3 is 9.47 Å². The summed E-state index contributed by atoms with van der Waals surface area (Å²) in [5, 5.41) is 4.44. The molecule has 0 amide bonds. The first-order valence-electron chi connectivity index (χ1n) is 14.0. The number of imidazole rings is 1. The lowest BCUT2D eigenvalue weighted by Gasteiger charge is -2.49. The zero-order chi connectivity index (χ0) is 26.3. The van der Waals surface area contributed by atoms with E-state index in [1.54, 1.807) is 0 Å². The summed E-state index contributed by atoms with van der Waals surface area (Å²) in [4.78, 5) is 5.32. The van der Waals surface area contributed by atoms with Crippen molar-refractivity contribution in [1.82, 2.24) is 19.3 Å². The van der Waals surface area contributed by atoms with E-state index in [4.69, 9.17) is 14.5 Å². The molecule has 36 heavy (non-hydrogen) atoms. The number of fused-ring (bicyclic) bond motifs is 3. The first kappa shape index (κ1) is 28.1. The number of rotatable bonds is 2. The fourth-order valence-electron chi connectivity index (χ4n) is 5.88. The molecule has 2 aromatic heterocycles. The van der Waals surface area contributed by atoms with Gasteiger partial charge in [-0.25, -0.2) is 4.98 Å². The van der Waals surface area contributed by atoms with Gasteiger partial charge in [0.25, 0.3) is 0 Å². The van der Waals surface area contributed by atoms with Crippen LogP contribution >= 0.6 is 0 Å². The van der Waals surface area contributed by atoms with Crippen LogP contribution in [0.4, 0.5) is 0 Å². The lowest BCUT2D eigenvalue weighted by molar-refractivity contribution is -0.199. The maximum Gasteiger partial charge on any atom is 0.168 e.